The van der Waals surface area contributed by atoms with Crippen LogP contribution < -0.4 is 0 Å². The second-order valence-electron chi connectivity index (χ2n) is 6.81. The van der Waals surface area contributed by atoms with Crippen molar-refractivity contribution in [3.63, 3.8) is 0 Å². The van der Waals surface area contributed by atoms with Gasteiger partial charge in [0.2, 0.25) is 0 Å². The summed E-state index contributed by atoms with van der Waals surface area (Å²) >= 11 is 0. The Labute approximate surface area is 112 Å². The number of hydrogen-bond donors (Lipinski definition) is 0. The van der Waals surface area contributed by atoms with Crippen molar-refractivity contribution in [2.24, 2.45) is 0 Å². The minimum Gasteiger partial charge on any atom is -0.466 e. The SMILES string of the molecule is COC(=O)/C=C(/CC[C@@H]1OC1(C)C)C[Si](C)(C)C. The van der Waals surface area contributed by atoms with E-state index in [-0.39, 0.29) is 11.6 Å². The molecule has 0 aromatic carbocycles. The van der Waals surface area contributed by atoms with E-state index in [0.29, 0.717) is 6.10 Å². The van der Waals surface area contributed by atoms with Crippen molar-refractivity contribution in [3.8, 4) is 0 Å². The number of carbonyl (C=O) groups excluding carboxylic acids is 1. The molecular formula is C14H26O3Si. The number of carbonyl (C=O) groups is 1. The van der Waals surface area contributed by atoms with E-state index in [9.17, 15) is 4.79 Å². The van der Waals surface area contributed by atoms with Crippen molar-refractivity contribution in [2.45, 2.75) is 64.1 Å². The maximum atomic E-state index is 11.4. The molecule has 104 valence electrons. The van der Waals surface area contributed by atoms with Crippen LogP contribution in [0.3, 0.4) is 0 Å². The van der Waals surface area contributed by atoms with Gasteiger partial charge in [-0.15, -0.1) is 0 Å². The number of epoxide rings is 1. The normalized spacial score (nSPS) is 22.8. The van der Waals surface area contributed by atoms with Gasteiger partial charge in [0.05, 0.1) is 18.8 Å². The highest BCUT2D eigenvalue weighted by Crippen LogP contribution is 2.39. The molecule has 1 heterocycles. The van der Waals surface area contributed by atoms with Crippen LogP contribution in [-0.2, 0) is 14.3 Å². The summed E-state index contributed by atoms with van der Waals surface area (Å²) < 4.78 is 10.3. The van der Waals surface area contributed by atoms with Crippen molar-refractivity contribution in [1.29, 1.82) is 0 Å². The van der Waals surface area contributed by atoms with Gasteiger partial charge in [0.1, 0.15) is 0 Å². The van der Waals surface area contributed by atoms with Crippen LogP contribution in [0.25, 0.3) is 0 Å². The van der Waals surface area contributed by atoms with E-state index in [1.165, 1.54) is 12.7 Å². The molecule has 0 radical (unpaired) electrons. The van der Waals surface area contributed by atoms with E-state index in [1.54, 1.807) is 6.08 Å². The predicted octanol–water partition coefficient (Wildman–Crippen LogP) is 3.38. The van der Waals surface area contributed by atoms with Crippen molar-refractivity contribution in [1.82, 2.24) is 0 Å². The highest BCUT2D eigenvalue weighted by molar-refractivity contribution is 6.76. The summed E-state index contributed by atoms with van der Waals surface area (Å²) in [5.41, 5.74) is 1.25. The van der Waals surface area contributed by atoms with Gasteiger partial charge in [0.15, 0.2) is 0 Å². The first kappa shape index (κ1) is 15.4. The molecule has 1 aliphatic heterocycles. The molecule has 0 bridgehead atoms. The zero-order valence-corrected chi connectivity index (χ0v) is 13.5. The summed E-state index contributed by atoms with van der Waals surface area (Å²) in [6.45, 7) is 11.2. The summed E-state index contributed by atoms with van der Waals surface area (Å²) in [6, 6.07) is 1.05. The minimum atomic E-state index is -1.20. The molecule has 1 aliphatic rings. The molecule has 3 nitrogen and oxygen atoms in total. The van der Waals surface area contributed by atoms with Gasteiger partial charge in [-0.05, 0) is 32.7 Å². The fourth-order valence-electron chi connectivity index (χ4n) is 2.17. The van der Waals surface area contributed by atoms with Gasteiger partial charge in [-0.3, -0.25) is 0 Å². The number of ether oxygens (including phenoxy) is 2. The van der Waals surface area contributed by atoms with Crippen LogP contribution in [0.15, 0.2) is 11.6 Å². The average Bonchev–Trinajstić information content (AvgIpc) is 2.80. The Hall–Kier alpha value is -0.613. The van der Waals surface area contributed by atoms with E-state index in [0.717, 1.165) is 18.9 Å². The summed E-state index contributed by atoms with van der Waals surface area (Å²) in [4.78, 5) is 11.4. The lowest BCUT2D eigenvalue weighted by Crippen LogP contribution is -2.20. The maximum absolute atomic E-state index is 11.4. The molecule has 0 saturated carbocycles. The Kier molecular flexibility index (Phi) is 4.78. The van der Waals surface area contributed by atoms with Gasteiger partial charge in [-0.2, -0.15) is 0 Å². The molecule has 0 spiro atoms. The Morgan fingerprint density at radius 3 is 2.33 bits per heavy atom. The third-order valence-electron chi connectivity index (χ3n) is 3.17. The highest BCUT2D eigenvalue weighted by Gasteiger charge is 2.46. The first-order valence-corrected chi connectivity index (χ1v) is 10.3. The second kappa shape index (κ2) is 5.57. The predicted molar refractivity (Wildman–Crippen MR) is 76.4 cm³/mol. The molecule has 0 amide bonds. The van der Waals surface area contributed by atoms with Gasteiger partial charge in [-0.25, -0.2) is 4.79 Å². The summed E-state index contributed by atoms with van der Waals surface area (Å²) in [6.07, 6.45) is 3.96. The molecule has 0 unspecified atom stereocenters. The molecular weight excluding hydrogens is 244 g/mol. The highest BCUT2D eigenvalue weighted by atomic mass is 28.3. The molecule has 1 atom stereocenters. The zero-order chi connectivity index (χ0) is 14.0. The van der Waals surface area contributed by atoms with Crippen molar-refractivity contribution in [2.75, 3.05) is 7.11 Å². The minimum absolute atomic E-state index is 0.0372. The first-order valence-electron chi connectivity index (χ1n) is 6.59. The number of methoxy groups -OCH3 is 1. The Bertz CT molecular complexity index is 339. The smallest absolute Gasteiger partial charge is 0.330 e. The fourth-order valence-corrected chi connectivity index (χ4v) is 3.82. The topological polar surface area (TPSA) is 38.8 Å². The standard InChI is InChI=1S/C14H26O3Si/c1-14(2)12(17-14)8-7-11(9-13(15)16-3)10-18(4,5)6/h9,12H,7-8,10H2,1-6H3/b11-9-/t12-/m0/s1. The Morgan fingerprint density at radius 2 is 1.94 bits per heavy atom. The van der Waals surface area contributed by atoms with Gasteiger partial charge in [0, 0.05) is 14.1 Å². The molecule has 0 aromatic heterocycles. The van der Waals surface area contributed by atoms with E-state index in [2.05, 4.69) is 33.5 Å². The van der Waals surface area contributed by atoms with Gasteiger partial charge in [0.25, 0.3) is 0 Å². The molecule has 1 saturated heterocycles. The van der Waals surface area contributed by atoms with E-state index >= 15 is 0 Å². The number of hydrogen-bond acceptors (Lipinski definition) is 3. The van der Waals surface area contributed by atoms with Crippen molar-refractivity contribution in [3.05, 3.63) is 11.6 Å². The van der Waals surface area contributed by atoms with Gasteiger partial charge in [-0.1, -0.05) is 25.2 Å². The molecule has 0 aliphatic carbocycles. The van der Waals surface area contributed by atoms with Crippen LogP contribution in [0.5, 0.6) is 0 Å². The lowest BCUT2D eigenvalue weighted by atomic mass is 10.0. The Balaban J connectivity index is 2.55. The molecule has 0 N–H and O–H groups in total. The third kappa shape index (κ3) is 5.36. The number of esters is 1. The molecule has 1 fully saturated rings. The van der Waals surface area contributed by atoms with Crippen molar-refractivity contribution < 1.29 is 14.3 Å². The third-order valence-corrected chi connectivity index (χ3v) is 4.69. The second-order valence-corrected chi connectivity index (χ2v) is 12.3. The maximum Gasteiger partial charge on any atom is 0.330 e. The van der Waals surface area contributed by atoms with Crippen LogP contribution in [0, 0.1) is 0 Å². The fraction of sp³-hybridized carbons (Fsp3) is 0.786. The van der Waals surface area contributed by atoms with Crippen LogP contribution in [0.1, 0.15) is 26.7 Å². The first-order chi connectivity index (χ1) is 8.14. The molecule has 1 rings (SSSR count). The van der Waals surface area contributed by atoms with Gasteiger partial charge < -0.3 is 9.47 Å². The summed E-state index contributed by atoms with van der Waals surface area (Å²) in [7, 11) is 0.225. The van der Waals surface area contributed by atoms with Gasteiger partial charge >= 0.3 is 5.97 Å². The monoisotopic (exact) mass is 270 g/mol. The van der Waals surface area contributed by atoms with Crippen LogP contribution in [-0.4, -0.2) is 32.9 Å². The largest absolute Gasteiger partial charge is 0.466 e. The zero-order valence-electron chi connectivity index (χ0n) is 12.5. The molecule has 18 heavy (non-hydrogen) atoms. The van der Waals surface area contributed by atoms with Crippen LogP contribution >= 0.6 is 0 Å². The number of rotatable bonds is 6. The van der Waals surface area contributed by atoms with Crippen LogP contribution in [0.4, 0.5) is 0 Å². The lowest BCUT2D eigenvalue weighted by molar-refractivity contribution is -0.134. The summed E-state index contributed by atoms with van der Waals surface area (Å²) in [5, 5.41) is 0. The molecule has 0 aromatic rings. The average molecular weight is 270 g/mol. The van der Waals surface area contributed by atoms with E-state index < -0.39 is 8.07 Å². The van der Waals surface area contributed by atoms with E-state index in [4.69, 9.17) is 9.47 Å². The van der Waals surface area contributed by atoms with E-state index in [1.807, 2.05) is 0 Å². The lowest BCUT2D eigenvalue weighted by Gasteiger charge is -2.18. The number of allylic oxidation sites excluding steroid dienone is 1. The quantitative estimate of drug-likeness (QED) is 0.321. The summed E-state index contributed by atoms with van der Waals surface area (Å²) in [5.74, 6) is -0.237. The van der Waals surface area contributed by atoms with Crippen molar-refractivity contribution >= 4 is 14.0 Å². The van der Waals surface area contributed by atoms with Crippen LogP contribution in [0.2, 0.25) is 25.7 Å². The Morgan fingerprint density at radius 1 is 1.39 bits per heavy atom. The molecule has 4 heteroatoms.